The number of nitrogens with one attached hydrogen (secondary N) is 1. The largest absolute Gasteiger partial charge is 0.497 e. The van der Waals surface area contributed by atoms with E-state index in [4.69, 9.17) is 4.74 Å². The molecule has 1 heterocycles. The predicted molar refractivity (Wildman–Crippen MR) is 114 cm³/mol. The van der Waals surface area contributed by atoms with Crippen LogP contribution in [0.25, 0.3) is 0 Å². The summed E-state index contributed by atoms with van der Waals surface area (Å²) in [5, 5.41) is 10.7. The van der Waals surface area contributed by atoms with Crippen molar-refractivity contribution >= 4 is 49.8 Å². The van der Waals surface area contributed by atoms with Gasteiger partial charge in [0.2, 0.25) is 11.0 Å². The number of methoxy groups -OCH3 is 1. The summed E-state index contributed by atoms with van der Waals surface area (Å²) < 4.78 is 33.4. The van der Waals surface area contributed by atoms with Gasteiger partial charge in [-0.3, -0.25) is 14.4 Å². The first-order chi connectivity index (χ1) is 13.9. The predicted octanol–water partition coefficient (Wildman–Crippen LogP) is 3.10. The number of carbonyl (C=O) groups is 1. The molecule has 3 aromatic rings. The number of thioether (sulfide) groups is 1. The van der Waals surface area contributed by atoms with Gasteiger partial charge in [-0.05, 0) is 30.5 Å². The van der Waals surface area contributed by atoms with Crippen molar-refractivity contribution in [2.24, 2.45) is 0 Å². The van der Waals surface area contributed by atoms with Gasteiger partial charge in [-0.2, -0.15) is 0 Å². The number of benzene rings is 2. The molecule has 29 heavy (non-hydrogen) atoms. The van der Waals surface area contributed by atoms with E-state index in [1.807, 2.05) is 6.26 Å². The average molecular weight is 451 g/mol. The van der Waals surface area contributed by atoms with Crippen LogP contribution in [0.1, 0.15) is 0 Å². The van der Waals surface area contributed by atoms with Crippen molar-refractivity contribution in [3.05, 3.63) is 54.6 Å². The molecule has 2 aromatic carbocycles. The molecule has 8 nitrogen and oxygen atoms in total. The summed E-state index contributed by atoms with van der Waals surface area (Å²) in [6, 6.07) is 14.5. The molecule has 0 spiro atoms. The van der Waals surface area contributed by atoms with E-state index < -0.39 is 22.5 Å². The standard InChI is InChI=1S/C18H18N4O4S3/c1-26-14-8-6-7-13(11-14)22(29(24,25)15-9-4-3-5-10-15)12-16(23)19-17-20-21-18(27-2)28-17/h3-11H,12H2,1-2H3,(H,19,20,23). The van der Waals surface area contributed by atoms with Crippen LogP contribution >= 0.6 is 23.1 Å². The highest BCUT2D eigenvalue weighted by atomic mass is 32.2. The van der Waals surface area contributed by atoms with Gasteiger partial charge in [0.15, 0.2) is 4.34 Å². The van der Waals surface area contributed by atoms with Crippen molar-refractivity contribution in [3.8, 4) is 5.75 Å². The molecule has 0 aliphatic heterocycles. The third kappa shape index (κ3) is 5.05. The topological polar surface area (TPSA) is 101 Å². The van der Waals surface area contributed by atoms with Crippen molar-refractivity contribution in [2.45, 2.75) is 9.24 Å². The Bertz CT molecular complexity index is 1090. The van der Waals surface area contributed by atoms with Crippen molar-refractivity contribution in [2.75, 3.05) is 29.5 Å². The van der Waals surface area contributed by atoms with Gasteiger partial charge in [-0.25, -0.2) is 8.42 Å². The van der Waals surface area contributed by atoms with E-state index in [-0.39, 0.29) is 4.90 Å². The first-order valence-corrected chi connectivity index (χ1v) is 11.8. The van der Waals surface area contributed by atoms with Crippen molar-refractivity contribution in [1.82, 2.24) is 10.2 Å². The molecule has 0 radical (unpaired) electrons. The Morgan fingerprint density at radius 1 is 1.17 bits per heavy atom. The van der Waals surface area contributed by atoms with Gasteiger partial charge < -0.3 is 4.74 Å². The number of sulfonamides is 1. The molecule has 152 valence electrons. The molecule has 0 fully saturated rings. The van der Waals surface area contributed by atoms with Crippen LogP contribution in [0.4, 0.5) is 10.8 Å². The molecule has 1 amide bonds. The Labute approximate surface area is 177 Å². The lowest BCUT2D eigenvalue weighted by atomic mass is 10.3. The molecule has 0 bridgehead atoms. The van der Waals surface area contributed by atoms with Crippen LogP contribution in [0.3, 0.4) is 0 Å². The minimum atomic E-state index is -3.99. The second-order valence-corrected chi connectivity index (χ2v) is 9.54. The van der Waals surface area contributed by atoms with Gasteiger partial charge in [0.05, 0.1) is 17.7 Å². The monoisotopic (exact) mass is 450 g/mol. The minimum Gasteiger partial charge on any atom is -0.497 e. The normalized spacial score (nSPS) is 11.1. The van der Waals surface area contributed by atoms with Crippen LogP contribution in [0, 0.1) is 0 Å². The van der Waals surface area contributed by atoms with Gasteiger partial charge >= 0.3 is 0 Å². The van der Waals surface area contributed by atoms with Crippen molar-refractivity contribution < 1.29 is 17.9 Å². The quantitative estimate of drug-likeness (QED) is 0.416. The molecule has 0 aliphatic carbocycles. The molecule has 3 rings (SSSR count). The fourth-order valence-corrected chi connectivity index (χ4v) is 5.05. The van der Waals surface area contributed by atoms with Crippen LogP contribution in [-0.4, -0.2) is 44.4 Å². The van der Waals surface area contributed by atoms with Gasteiger partial charge in [-0.1, -0.05) is 47.4 Å². The Hall–Kier alpha value is -2.63. The minimum absolute atomic E-state index is 0.0798. The molecule has 0 atom stereocenters. The Morgan fingerprint density at radius 3 is 2.59 bits per heavy atom. The van der Waals surface area contributed by atoms with Gasteiger partial charge in [0, 0.05) is 6.07 Å². The Balaban J connectivity index is 1.93. The number of rotatable bonds is 8. The number of hydrogen-bond acceptors (Lipinski definition) is 8. The summed E-state index contributed by atoms with van der Waals surface area (Å²) in [7, 11) is -2.50. The number of hydrogen-bond donors (Lipinski definition) is 1. The van der Waals surface area contributed by atoms with E-state index >= 15 is 0 Å². The van der Waals surface area contributed by atoms with Crippen LogP contribution in [0.15, 0.2) is 63.8 Å². The van der Waals surface area contributed by atoms with Crippen LogP contribution in [0.2, 0.25) is 0 Å². The lowest BCUT2D eigenvalue weighted by Gasteiger charge is -2.24. The van der Waals surface area contributed by atoms with E-state index in [0.717, 1.165) is 4.31 Å². The molecule has 0 saturated carbocycles. The number of anilines is 2. The van der Waals surface area contributed by atoms with E-state index in [1.165, 1.54) is 42.3 Å². The first kappa shape index (κ1) is 21.1. The maximum Gasteiger partial charge on any atom is 0.264 e. The van der Waals surface area contributed by atoms with Crippen LogP contribution in [0.5, 0.6) is 5.75 Å². The van der Waals surface area contributed by atoms with E-state index in [2.05, 4.69) is 15.5 Å². The number of amides is 1. The lowest BCUT2D eigenvalue weighted by molar-refractivity contribution is -0.114. The fourth-order valence-electron chi connectivity index (χ4n) is 2.43. The zero-order chi connectivity index (χ0) is 20.9. The maximum atomic E-state index is 13.2. The molecule has 0 saturated heterocycles. The van der Waals surface area contributed by atoms with Crippen molar-refractivity contribution in [3.63, 3.8) is 0 Å². The van der Waals surface area contributed by atoms with Crippen LogP contribution in [-0.2, 0) is 14.8 Å². The van der Waals surface area contributed by atoms with Crippen LogP contribution < -0.4 is 14.4 Å². The average Bonchev–Trinajstić information content (AvgIpc) is 3.20. The number of nitrogens with zero attached hydrogens (tertiary/aromatic N) is 3. The number of carbonyl (C=O) groups excluding carboxylic acids is 1. The summed E-state index contributed by atoms with van der Waals surface area (Å²) in [6.07, 6.45) is 1.85. The second kappa shape index (κ2) is 9.25. The SMILES string of the molecule is COc1cccc(N(CC(=O)Nc2nnc(SC)s2)S(=O)(=O)c2ccccc2)c1. The molecular formula is C18H18N4O4S3. The molecule has 1 N–H and O–H groups in total. The molecular weight excluding hydrogens is 432 g/mol. The summed E-state index contributed by atoms with van der Waals surface area (Å²) >= 11 is 2.62. The third-order valence-corrected chi connectivity index (χ3v) is 7.39. The Morgan fingerprint density at radius 2 is 1.93 bits per heavy atom. The Kier molecular flexibility index (Phi) is 6.72. The van der Waals surface area contributed by atoms with Gasteiger partial charge in [-0.15, -0.1) is 10.2 Å². The third-order valence-electron chi connectivity index (χ3n) is 3.79. The lowest BCUT2D eigenvalue weighted by Crippen LogP contribution is -2.38. The van der Waals surface area contributed by atoms with Crippen molar-refractivity contribution in [1.29, 1.82) is 0 Å². The smallest absolute Gasteiger partial charge is 0.264 e. The first-order valence-electron chi connectivity index (χ1n) is 8.33. The highest BCUT2D eigenvalue weighted by Crippen LogP contribution is 2.27. The van der Waals surface area contributed by atoms with Gasteiger partial charge in [0.25, 0.3) is 10.0 Å². The summed E-state index contributed by atoms with van der Waals surface area (Å²) in [5.74, 6) is -0.0546. The zero-order valence-corrected chi connectivity index (χ0v) is 18.1. The summed E-state index contributed by atoms with van der Waals surface area (Å²) in [4.78, 5) is 12.7. The van der Waals surface area contributed by atoms with E-state index in [0.29, 0.717) is 20.9 Å². The van der Waals surface area contributed by atoms with E-state index in [1.54, 1.807) is 42.5 Å². The second-order valence-electron chi connectivity index (χ2n) is 5.65. The highest BCUT2D eigenvalue weighted by molar-refractivity contribution is 8.00. The highest BCUT2D eigenvalue weighted by Gasteiger charge is 2.27. The fraction of sp³-hybridized carbons (Fsp3) is 0.167. The maximum absolute atomic E-state index is 13.2. The zero-order valence-electron chi connectivity index (χ0n) is 15.6. The molecule has 0 aliphatic rings. The molecule has 11 heteroatoms. The summed E-state index contributed by atoms with van der Waals surface area (Å²) in [5.41, 5.74) is 0.311. The molecule has 1 aromatic heterocycles. The number of ether oxygens (including phenoxy) is 1. The molecule has 0 unspecified atom stereocenters. The number of aromatic nitrogens is 2. The van der Waals surface area contributed by atoms with E-state index in [9.17, 15) is 13.2 Å². The summed E-state index contributed by atoms with van der Waals surface area (Å²) in [6.45, 7) is -0.432. The van der Waals surface area contributed by atoms with Gasteiger partial charge in [0.1, 0.15) is 12.3 Å².